The minimum absolute atomic E-state index is 0.00910. The lowest BCUT2D eigenvalue weighted by Gasteiger charge is -2.34. The fourth-order valence-electron chi connectivity index (χ4n) is 2.77. The molecule has 0 spiro atoms. The predicted octanol–water partition coefficient (Wildman–Crippen LogP) is 4.15. The van der Waals surface area contributed by atoms with E-state index in [4.69, 9.17) is 9.47 Å². The third-order valence-corrected chi connectivity index (χ3v) is 4.24. The normalized spacial score (nSPS) is 20.7. The van der Waals surface area contributed by atoms with Gasteiger partial charge in [-0.05, 0) is 44.6 Å². The second-order valence-corrected chi connectivity index (χ2v) is 6.86. The van der Waals surface area contributed by atoms with Gasteiger partial charge in [-0.15, -0.1) is 0 Å². The van der Waals surface area contributed by atoms with Crippen LogP contribution >= 0.6 is 0 Å². The Balaban J connectivity index is 1.53. The lowest BCUT2D eigenvalue weighted by Crippen LogP contribution is -2.34. The fourth-order valence-corrected chi connectivity index (χ4v) is 2.77. The Kier molecular flexibility index (Phi) is 6.59. The standard InChI is InChI=1S/C19H28O3/c1-19(2)11-10-17(15-22-19)13-18(20)9-6-12-21-14-16-7-4-3-5-8-16/h3-5,7-8,17H,6,9-15H2,1-2H3. The summed E-state index contributed by atoms with van der Waals surface area (Å²) in [6.45, 7) is 6.24. The molecule has 1 aliphatic rings. The van der Waals surface area contributed by atoms with Gasteiger partial charge in [0.25, 0.3) is 0 Å². The second-order valence-electron chi connectivity index (χ2n) is 6.86. The van der Waals surface area contributed by atoms with Gasteiger partial charge < -0.3 is 9.47 Å². The monoisotopic (exact) mass is 304 g/mol. The molecule has 2 rings (SSSR count). The van der Waals surface area contributed by atoms with Crippen LogP contribution < -0.4 is 0 Å². The molecule has 0 N–H and O–H groups in total. The van der Waals surface area contributed by atoms with E-state index in [1.54, 1.807) is 0 Å². The lowest BCUT2D eigenvalue weighted by molar-refractivity contribution is -0.124. The molecule has 1 unspecified atom stereocenters. The topological polar surface area (TPSA) is 35.5 Å². The zero-order chi connectivity index (χ0) is 15.8. The second kappa shape index (κ2) is 8.44. The van der Waals surface area contributed by atoms with Gasteiger partial charge in [-0.3, -0.25) is 4.79 Å². The summed E-state index contributed by atoms with van der Waals surface area (Å²) in [5.74, 6) is 0.752. The highest BCUT2D eigenvalue weighted by Crippen LogP contribution is 2.29. The van der Waals surface area contributed by atoms with Crippen molar-refractivity contribution in [1.82, 2.24) is 0 Å². The highest BCUT2D eigenvalue weighted by Gasteiger charge is 2.28. The van der Waals surface area contributed by atoms with Crippen LogP contribution in [0.5, 0.6) is 0 Å². The van der Waals surface area contributed by atoms with Gasteiger partial charge in [0.2, 0.25) is 0 Å². The molecule has 1 fully saturated rings. The van der Waals surface area contributed by atoms with Crippen molar-refractivity contribution in [2.75, 3.05) is 13.2 Å². The summed E-state index contributed by atoms with van der Waals surface area (Å²) in [6.07, 6.45) is 4.24. The molecule has 0 aromatic heterocycles. The van der Waals surface area contributed by atoms with Crippen molar-refractivity contribution in [3.8, 4) is 0 Å². The van der Waals surface area contributed by atoms with E-state index in [2.05, 4.69) is 26.0 Å². The first kappa shape index (κ1) is 17.2. The Morgan fingerprint density at radius 2 is 2.09 bits per heavy atom. The third kappa shape index (κ3) is 6.29. The maximum Gasteiger partial charge on any atom is 0.133 e. The summed E-state index contributed by atoms with van der Waals surface area (Å²) < 4.78 is 11.4. The van der Waals surface area contributed by atoms with Crippen LogP contribution in [0.15, 0.2) is 30.3 Å². The van der Waals surface area contributed by atoms with Crippen molar-refractivity contribution >= 4 is 5.78 Å². The van der Waals surface area contributed by atoms with E-state index in [1.807, 2.05) is 18.2 Å². The highest BCUT2D eigenvalue weighted by atomic mass is 16.5. The van der Waals surface area contributed by atoms with Crippen LogP contribution in [0.2, 0.25) is 0 Å². The van der Waals surface area contributed by atoms with Crippen molar-refractivity contribution < 1.29 is 14.3 Å². The molecule has 1 aromatic rings. The molecule has 3 nitrogen and oxygen atoms in total. The molecule has 1 atom stereocenters. The molecule has 0 amide bonds. The number of Topliss-reactive ketones (excluding diaryl/α,β-unsaturated/α-hetero) is 1. The molecule has 0 saturated carbocycles. The van der Waals surface area contributed by atoms with E-state index in [1.165, 1.54) is 5.56 Å². The maximum atomic E-state index is 12.0. The number of carbonyl (C=O) groups excluding carboxylic acids is 1. The Morgan fingerprint density at radius 3 is 2.77 bits per heavy atom. The highest BCUT2D eigenvalue weighted by molar-refractivity contribution is 5.78. The van der Waals surface area contributed by atoms with Gasteiger partial charge in [0.05, 0.1) is 18.8 Å². The molecule has 122 valence electrons. The smallest absolute Gasteiger partial charge is 0.133 e. The van der Waals surface area contributed by atoms with Gasteiger partial charge in [0.1, 0.15) is 5.78 Å². The molecule has 0 aliphatic carbocycles. The summed E-state index contributed by atoms with van der Waals surface area (Å²) in [5, 5.41) is 0. The molecular formula is C19H28O3. The van der Waals surface area contributed by atoms with Gasteiger partial charge >= 0.3 is 0 Å². The van der Waals surface area contributed by atoms with Crippen molar-refractivity contribution in [1.29, 1.82) is 0 Å². The zero-order valence-corrected chi connectivity index (χ0v) is 13.8. The summed E-state index contributed by atoms with van der Waals surface area (Å²) in [6, 6.07) is 10.1. The predicted molar refractivity (Wildman–Crippen MR) is 87.7 cm³/mol. The summed E-state index contributed by atoms with van der Waals surface area (Å²) in [5.41, 5.74) is 1.17. The lowest BCUT2D eigenvalue weighted by atomic mass is 9.88. The summed E-state index contributed by atoms with van der Waals surface area (Å²) in [4.78, 5) is 12.0. The van der Waals surface area contributed by atoms with Gasteiger partial charge in [0.15, 0.2) is 0 Å². The average Bonchev–Trinajstić information content (AvgIpc) is 2.50. The molecule has 0 radical (unpaired) electrons. The van der Waals surface area contributed by atoms with E-state index in [0.717, 1.165) is 25.9 Å². The molecule has 0 bridgehead atoms. The Hall–Kier alpha value is -1.19. The van der Waals surface area contributed by atoms with Crippen molar-refractivity contribution in [2.45, 2.75) is 58.2 Å². The average molecular weight is 304 g/mol. The first-order valence-electron chi connectivity index (χ1n) is 8.32. The number of carbonyl (C=O) groups is 1. The Labute approximate surface area is 134 Å². The first-order chi connectivity index (χ1) is 10.6. The Bertz CT molecular complexity index is 443. The van der Waals surface area contributed by atoms with Gasteiger partial charge in [-0.25, -0.2) is 0 Å². The van der Waals surface area contributed by atoms with Gasteiger partial charge in [0, 0.05) is 19.4 Å². The largest absolute Gasteiger partial charge is 0.377 e. The van der Waals surface area contributed by atoms with Crippen LogP contribution in [0.3, 0.4) is 0 Å². The molecule has 22 heavy (non-hydrogen) atoms. The number of hydrogen-bond donors (Lipinski definition) is 0. The minimum atomic E-state index is -0.00910. The van der Waals surface area contributed by atoms with E-state index in [0.29, 0.717) is 37.8 Å². The van der Waals surface area contributed by atoms with Gasteiger partial charge in [-0.2, -0.15) is 0 Å². The van der Waals surface area contributed by atoms with Crippen LogP contribution in [0.1, 0.15) is 51.5 Å². The SMILES string of the molecule is CC1(C)CCC(CC(=O)CCCOCc2ccccc2)CO1. The van der Waals surface area contributed by atoms with Crippen molar-refractivity contribution in [3.05, 3.63) is 35.9 Å². The van der Waals surface area contributed by atoms with Crippen LogP contribution in [0, 0.1) is 5.92 Å². The van der Waals surface area contributed by atoms with Crippen LogP contribution in [-0.2, 0) is 20.9 Å². The molecule has 3 heteroatoms. The van der Waals surface area contributed by atoms with E-state index >= 15 is 0 Å². The van der Waals surface area contributed by atoms with Crippen molar-refractivity contribution in [3.63, 3.8) is 0 Å². The summed E-state index contributed by atoms with van der Waals surface area (Å²) >= 11 is 0. The minimum Gasteiger partial charge on any atom is -0.377 e. The number of ether oxygens (including phenoxy) is 2. The molecular weight excluding hydrogens is 276 g/mol. The van der Waals surface area contributed by atoms with E-state index in [-0.39, 0.29) is 5.60 Å². The first-order valence-corrected chi connectivity index (χ1v) is 8.32. The molecule has 1 aromatic carbocycles. The summed E-state index contributed by atoms with van der Waals surface area (Å²) in [7, 11) is 0. The van der Waals surface area contributed by atoms with E-state index < -0.39 is 0 Å². The number of benzene rings is 1. The third-order valence-electron chi connectivity index (χ3n) is 4.24. The van der Waals surface area contributed by atoms with Gasteiger partial charge in [-0.1, -0.05) is 30.3 Å². The van der Waals surface area contributed by atoms with Crippen LogP contribution in [0.25, 0.3) is 0 Å². The number of hydrogen-bond acceptors (Lipinski definition) is 3. The van der Waals surface area contributed by atoms with Crippen LogP contribution in [-0.4, -0.2) is 24.6 Å². The molecule has 1 saturated heterocycles. The zero-order valence-electron chi connectivity index (χ0n) is 13.8. The number of rotatable bonds is 8. The quantitative estimate of drug-likeness (QED) is 0.677. The number of ketones is 1. The maximum absolute atomic E-state index is 12.0. The van der Waals surface area contributed by atoms with E-state index in [9.17, 15) is 4.79 Å². The molecule has 1 heterocycles. The Morgan fingerprint density at radius 1 is 1.32 bits per heavy atom. The van der Waals surface area contributed by atoms with Crippen molar-refractivity contribution in [2.24, 2.45) is 5.92 Å². The fraction of sp³-hybridized carbons (Fsp3) is 0.632. The van der Waals surface area contributed by atoms with Crippen LogP contribution in [0.4, 0.5) is 0 Å². The molecule has 1 aliphatic heterocycles.